The van der Waals surface area contributed by atoms with Crippen molar-refractivity contribution >= 4 is 17.8 Å². The molecule has 1 rings (SSSR count). The summed E-state index contributed by atoms with van der Waals surface area (Å²) in [5, 5.41) is 8.80. The minimum atomic E-state index is -1.08. The van der Waals surface area contributed by atoms with Crippen molar-refractivity contribution < 1.29 is 24.2 Å². The molecule has 0 aromatic carbocycles. The Morgan fingerprint density at radius 2 is 2.13 bits per heavy atom. The van der Waals surface area contributed by atoms with Crippen molar-refractivity contribution in [2.24, 2.45) is 0 Å². The van der Waals surface area contributed by atoms with Gasteiger partial charge in [-0.25, -0.2) is 9.59 Å². The number of hydrogen-bond donors (Lipinski definition) is 1. The average Bonchev–Trinajstić information content (AvgIpc) is 2.65. The predicted octanol–water partition coefficient (Wildman–Crippen LogP) is -0.375. The Balaban J connectivity index is 2.66. The number of nitrogens with zero attached hydrogens (tertiary/aromatic N) is 1. The summed E-state index contributed by atoms with van der Waals surface area (Å²) in [6.07, 6.45) is 0.989. The van der Waals surface area contributed by atoms with E-state index >= 15 is 0 Å². The minimum Gasteiger partial charge on any atom is -0.480 e. The zero-order valence-electron chi connectivity index (χ0n) is 8.43. The summed E-state index contributed by atoms with van der Waals surface area (Å²) in [4.78, 5) is 34.3. The van der Waals surface area contributed by atoms with Gasteiger partial charge in [-0.3, -0.25) is 4.79 Å². The van der Waals surface area contributed by atoms with Crippen molar-refractivity contribution in [2.45, 2.75) is 25.8 Å². The maximum Gasteiger partial charge on any atom is 0.397 e. The van der Waals surface area contributed by atoms with E-state index in [4.69, 9.17) is 5.11 Å². The van der Waals surface area contributed by atoms with Crippen molar-refractivity contribution in [3.8, 4) is 0 Å². The fourth-order valence-electron chi connectivity index (χ4n) is 1.58. The van der Waals surface area contributed by atoms with Crippen LogP contribution in [-0.4, -0.2) is 47.0 Å². The molecule has 0 bridgehead atoms. The lowest BCUT2D eigenvalue weighted by Gasteiger charge is -2.19. The van der Waals surface area contributed by atoms with E-state index in [-0.39, 0.29) is 6.61 Å². The number of likely N-dealkylation sites (tertiary alicyclic amines) is 1. The van der Waals surface area contributed by atoms with Crippen LogP contribution in [0.15, 0.2) is 0 Å². The molecule has 84 valence electrons. The number of hydrogen-bond acceptors (Lipinski definition) is 4. The predicted molar refractivity (Wildman–Crippen MR) is 49.0 cm³/mol. The van der Waals surface area contributed by atoms with E-state index in [0.29, 0.717) is 19.4 Å². The third-order valence-corrected chi connectivity index (χ3v) is 2.25. The number of rotatable bonds is 2. The van der Waals surface area contributed by atoms with E-state index in [1.54, 1.807) is 6.92 Å². The largest absolute Gasteiger partial charge is 0.480 e. The van der Waals surface area contributed by atoms with Crippen molar-refractivity contribution in [3.63, 3.8) is 0 Å². The Morgan fingerprint density at radius 1 is 1.47 bits per heavy atom. The second-order valence-electron chi connectivity index (χ2n) is 3.22. The van der Waals surface area contributed by atoms with Crippen LogP contribution in [0.3, 0.4) is 0 Å². The van der Waals surface area contributed by atoms with Crippen LogP contribution in [0.2, 0.25) is 0 Å². The van der Waals surface area contributed by atoms with Gasteiger partial charge in [0, 0.05) is 6.54 Å². The quantitative estimate of drug-likeness (QED) is 0.501. The molecule has 0 spiro atoms. The molecule has 15 heavy (non-hydrogen) atoms. The molecule has 0 aliphatic carbocycles. The fourth-order valence-corrected chi connectivity index (χ4v) is 1.58. The molecule has 1 saturated heterocycles. The third kappa shape index (κ3) is 2.45. The summed E-state index contributed by atoms with van der Waals surface area (Å²) in [7, 11) is 0. The number of carboxylic acid groups (broad SMARTS) is 1. The Hall–Kier alpha value is -1.59. The van der Waals surface area contributed by atoms with E-state index in [0.717, 1.165) is 4.90 Å². The first-order valence-electron chi connectivity index (χ1n) is 4.78. The zero-order valence-corrected chi connectivity index (χ0v) is 8.43. The lowest BCUT2D eigenvalue weighted by Crippen LogP contribution is -2.44. The van der Waals surface area contributed by atoms with Crippen molar-refractivity contribution in [2.75, 3.05) is 13.2 Å². The fraction of sp³-hybridized carbons (Fsp3) is 0.667. The van der Waals surface area contributed by atoms with Crippen molar-refractivity contribution in [1.29, 1.82) is 0 Å². The Kier molecular flexibility index (Phi) is 3.65. The van der Waals surface area contributed by atoms with Gasteiger partial charge in [-0.2, -0.15) is 0 Å². The first kappa shape index (κ1) is 11.5. The van der Waals surface area contributed by atoms with Gasteiger partial charge in [-0.05, 0) is 19.8 Å². The lowest BCUT2D eigenvalue weighted by atomic mass is 10.2. The highest BCUT2D eigenvalue weighted by Crippen LogP contribution is 2.17. The number of amides is 1. The van der Waals surface area contributed by atoms with Crippen LogP contribution < -0.4 is 0 Å². The molecule has 1 atom stereocenters. The van der Waals surface area contributed by atoms with Gasteiger partial charge in [0.05, 0.1) is 6.61 Å². The van der Waals surface area contributed by atoms with Crippen LogP contribution in [0.4, 0.5) is 0 Å². The number of esters is 1. The van der Waals surface area contributed by atoms with Gasteiger partial charge in [-0.1, -0.05) is 0 Å². The molecule has 1 amide bonds. The Bertz CT molecular complexity index is 288. The van der Waals surface area contributed by atoms with Crippen LogP contribution in [0.25, 0.3) is 0 Å². The number of carboxylic acids is 1. The maximum absolute atomic E-state index is 11.4. The summed E-state index contributed by atoms with van der Waals surface area (Å²) in [5.41, 5.74) is 0. The van der Waals surface area contributed by atoms with Gasteiger partial charge < -0.3 is 14.7 Å². The van der Waals surface area contributed by atoms with Crippen LogP contribution in [0.5, 0.6) is 0 Å². The van der Waals surface area contributed by atoms with E-state index in [2.05, 4.69) is 4.74 Å². The van der Waals surface area contributed by atoms with Crippen LogP contribution in [0.1, 0.15) is 19.8 Å². The van der Waals surface area contributed by atoms with Crippen molar-refractivity contribution in [1.82, 2.24) is 4.90 Å². The molecule has 6 heteroatoms. The highest BCUT2D eigenvalue weighted by molar-refractivity contribution is 6.32. The van der Waals surface area contributed by atoms with E-state index < -0.39 is 23.9 Å². The van der Waals surface area contributed by atoms with Gasteiger partial charge in [-0.15, -0.1) is 0 Å². The van der Waals surface area contributed by atoms with Gasteiger partial charge in [0.2, 0.25) is 0 Å². The molecule has 0 saturated carbocycles. The smallest absolute Gasteiger partial charge is 0.397 e. The highest BCUT2D eigenvalue weighted by Gasteiger charge is 2.37. The molecule has 1 aliphatic heterocycles. The highest BCUT2D eigenvalue weighted by atomic mass is 16.5. The maximum atomic E-state index is 11.4. The molecule has 1 fully saturated rings. The molecule has 0 unspecified atom stereocenters. The van der Waals surface area contributed by atoms with Crippen LogP contribution in [-0.2, 0) is 19.1 Å². The van der Waals surface area contributed by atoms with Crippen molar-refractivity contribution in [3.05, 3.63) is 0 Å². The molecule has 1 aliphatic rings. The van der Waals surface area contributed by atoms with Gasteiger partial charge in [0.15, 0.2) is 0 Å². The summed E-state index contributed by atoms with van der Waals surface area (Å²) < 4.78 is 4.52. The van der Waals surface area contributed by atoms with Gasteiger partial charge in [0.1, 0.15) is 6.04 Å². The summed E-state index contributed by atoms with van der Waals surface area (Å²) >= 11 is 0. The molecule has 0 aromatic rings. The summed E-state index contributed by atoms with van der Waals surface area (Å²) in [6, 6.07) is -0.887. The summed E-state index contributed by atoms with van der Waals surface area (Å²) in [6.45, 7) is 1.99. The minimum absolute atomic E-state index is 0.107. The van der Waals surface area contributed by atoms with E-state index in [1.165, 1.54) is 0 Å². The van der Waals surface area contributed by atoms with Crippen LogP contribution in [0, 0.1) is 0 Å². The van der Waals surface area contributed by atoms with E-state index in [1.807, 2.05) is 0 Å². The molecule has 1 heterocycles. The second-order valence-corrected chi connectivity index (χ2v) is 3.22. The standard InChI is InChI=1S/C9H13NO5/c1-2-15-9(14)7(11)10-5-3-4-6(10)8(12)13/h6H,2-5H2,1H3,(H,12,13)/t6-/m0/s1. The zero-order chi connectivity index (χ0) is 11.4. The molecule has 0 aromatic heterocycles. The average molecular weight is 215 g/mol. The van der Waals surface area contributed by atoms with Gasteiger partial charge in [0.25, 0.3) is 0 Å². The first-order valence-corrected chi connectivity index (χ1v) is 4.78. The number of carbonyl (C=O) groups is 3. The normalized spacial score (nSPS) is 20.1. The molecular formula is C9H13NO5. The lowest BCUT2D eigenvalue weighted by molar-refractivity contribution is -0.162. The Morgan fingerprint density at radius 3 is 2.67 bits per heavy atom. The Labute approximate surface area is 86.8 Å². The molecule has 0 radical (unpaired) electrons. The molecule has 6 nitrogen and oxygen atoms in total. The number of carbonyl (C=O) groups excluding carboxylic acids is 2. The third-order valence-electron chi connectivity index (χ3n) is 2.25. The summed E-state index contributed by atoms with van der Waals surface area (Å²) in [5.74, 6) is -2.92. The SMILES string of the molecule is CCOC(=O)C(=O)N1CCC[C@H]1C(=O)O. The topological polar surface area (TPSA) is 83.9 Å². The first-order chi connectivity index (χ1) is 7.07. The second kappa shape index (κ2) is 4.77. The van der Waals surface area contributed by atoms with Crippen LogP contribution >= 0.6 is 0 Å². The number of ether oxygens (including phenoxy) is 1. The number of aliphatic carboxylic acids is 1. The molecular weight excluding hydrogens is 202 g/mol. The van der Waals surface area contributed by atoms with Gasteiger partial charge >= 0.3 is 17.8 Å². The monoisotopic (exact) mass is 215 g/mol. The molecule has 1 N–H and O–H groups in total. The van der Waals surface area contributed by atoms with E-state index in [9.17, 15) is 14.4 Å².